The summed E-state index contributed by atoms with van der Waals surface area (Å²) in [6.07, 6.45) is 83.3. The van der Waals surface area contributed by atoms with Gasteiger partial charge in [-0.1, -0.05) is 300 Å². The smallest absolute Gasteiger partial charge is 0.305 e. The summed E-state index contributed by atoms with van der Waals surface area (Å²) in [6, 6.07) is -0.627. The molecule has 6 nitrogen and oxygen atoms in total. The zero-order chi connectivity index (χ0) is 54.3. The van der Waals surface area contributed by atoms with E-state index in [9.17, 15) is 19.8 Å². The molecular weight excluding hydrogens is 923 g/mol. The standard InChI is InChI=1S/C69H129NO5/c1-3-5-7-9-11-13-15-16-17-18-30-34-37-40-43-47-51-55-59-63-69(74)75-64-60-56-52-48-44-41-38-35-32-29-27-25-23-21-19-20-22-24-26-28-31-33-36-39-42-46-50-54-58-62-68(73)70-66(65-71)67(72)61-57-53-49-45-14-12-10-8-6-4-2/h16-17,19,21,25,27,57,61,66-67,71-72H,3-15,18,20,22-24,26,28-56,58-60,62-65H2,1-2H3,(H,70,73)/b17-16-,21-19-,27-25-,61-57+. The van der Waals surface area contributed by atoms with E-state index in [1.54, 1.807) is 6.08 Å². The van der Waals surface area contributed by atoms with E-state index in [-0.39, 0.29) is 18.5 Å². The number of allylic oxidation sites excluding steroid dienone is 7. The third-order valence-corrected chi connectivity index (χ3v) is 15.3. The molecule has 0 aromatic rings. The van der Waals surface area contributed by atoms with Gasteiger partial charge in [0.15, 0.2) is 0 Å². The average molecular weight is 1050 g/mol. The van der Waals surface area contributed by atoms with Gasteiger partial charge in [0.1, 0.15) is 0 Å². The van der Waals surface area contributed by atoms with Gasteiger partial charge in [-0.2, -0.15) is 0 Å². The van der Waals surface area contributed by atoms with E-state index in [4.69, 9.17) is 4.74 Å². The van der Waals surface area contributed by atoms with E-state index in [1.807, 2.05) is 6.08 Å². The molecule has 0 radical (unpaired) electrons. The van der Waals surface area contributed by atoms with Gasteiger partial charge in [0.2, 0.25) is 5.91 Å². The number of nitrogens with one attached hydrogen (secondary N) is 1. The monoisotopic (exact) mass is 1050 g/mol. The maximum absolute atomic E-state index is 12.4. The first-order valence-corrected chi connectivity index (χ1v) is 33.4. The van der Waals surface area contributed by atoms with Crippen LogP contribution >= 0.6 is 0 Å². The Bertz CT molecular complexity index is 1260. The van der Waals surface area contributed by atoms with Crippen LogP contribution in [-0.4, -0.2) is 47.4 Å². The van der Waals surface area contributed by atoms with Crippen LogP contribution in [0.5, 0.6) is 0 Å². The SMILES string of the molecule is CCCCCCCC/C=C\CCCCCCCCCCCC(=O)OCCCCCCCCCCC/C=C\C/C=C\CCCCCCCCCCCCCCCC(=O)NC(CO)C(O)/C=C/CCCCCCCCCC. The van der Waals surface area contributed by atoms with Gasteiger partial charge in [-0.05, 0) is 89.9 Å². The molecule has 0 aromatic carbocycles. The molecule has 1 amide bonds. The first-order valence-electron chi connectivity index (χ1n) is 33.4. The molecule has 0 heterocycles. The second-order valence-electron chi connectivity index (χ2n) is 22.8. The van der Waals surface area contributed by atoms with Gasteiger partial charge in [-0.25, -0.2) is 0 Å². The normalized spacial score (nSPS) is 12.9. The molecule has 0 rings (SSSR count). The number of aliphatic hydroxyl groups excluding tert-OH is 2. The zero-order valence-electron chi connectivity index (χ0n) is 50.3. The van der Waals surface area contributed by atoms with Gasteiger partial charge in [0.05, 0.1) is 25.4 Å². The maximum atomic E-state index is 12.4. The summed E-state index contributed by atoms with van der Waals surface area (Å²) in [7, 11) is 0. The molecule has 0 fully saturated rings. The molecule has 440 valence electrons. The Morgan fingerprint density at radius 1 is 0.373 bits per heavy atom. The van der Waals surface area contributed by atoms with Crippen LogP contribution in [0.4, 0.5) is 0 Å². The number of amides is 1. The molecule has 0 spiro atoms. The Balaban J connectivity index is 3.38. The van der Waals surface area contributed by atoms with Crippen LogP contribution in [0.1, 0.15) is 354 Å². The first-order chi connectivity index (χ1) is 37.0. The van der Waals surface area contributed by atoms with Gasteiger partial charge < -0.3 is 20.3 Å². The van der Waals surface area contributed by atoms with Gasteiger partial charge in [0, 0.05) is 12.8 Å². The van der Waals surface area contributed by atoms with Crippen LogP contribution in [0.3, 0.4) is 0 Å². The Kier molecular flexibility index (Phi) is 62.5. The fraction of sp³-hybridized carbons (Fsp3) is 0.855. The third-order valence-electron chi connectivity index (χ3n) is 15.3. The summed E-state index contributed by atoms with van der Waals surface area (Å²) in [5, 5.41) is 23.0. The molecule has 0 aromatic heterocycles. The van der Waals surface area contributed by atoms with Crippen molar-refractivity contribution in [3.63, 3.8) is 0 Å². The summed E-state index contributed by atoms with van der Waals surface area (Å²) in [4.78, 5) is 24.5. The van der Waals surface area contributed by atoms with Gasteiger partial charge >= 0.3 is 5.97 Å². The summed E-state index contributed by atoms with van der Waals surface area (Å²) in [6.45, 7) is 4.89. The van der Waals surface area contributed by atoms with Crippen molar-refractivity contribution in [1.82, 2.24) is 5.32 Å². The predicted octanol–water partition coefficient (Wildman–Crippen LogP) is 21.3. The second-order valence-corrected chi connectivity index (χ2v) is 22.8. The van der Waals surface area contributed by atoms with E-state index in [0.29, 0.717) is 19.4 Å². The van der Waals surface area contributed by atoms with Crippen LogP contribution in [0, 0.1) is 0 Å². The largest absolute Gasteiger partial charge is 0.466 e. The van der Waals surface area contributed by atoms with Crippen molar-refractivity contribution in [1.29, 1.82) is 0 Å². The van der Waals surface area contributed by atoms with E-state index in [2.05, 4.69) is 55.6 Å². The highest BCUT2D eigenvalue weighted by Gasteiger charge is 2.18. The average Bonchev–Trinajstić information content (AvgIpc) is 3.41. The lowest BCUT2D eigenvalue weighted by molar-refractivity contribution is -0.143. The summed E-state index contributed by atoms with van der Waals surface area (Å²) in [5.74, 6) is -0.0594. The number of carbonyl (C=O) groups is 2. The Hall–Kier alpha value is -2.18. The highest BCUT2D eigenvalue weighted by atomic mass is 16.5. The lowest BCUT2D eigenvalue weighted by Gasteiger charge is -2.20. The molecule has 0 saturated carbocycles. The van der Waals surface area contributed by atoms with Crippen molar-refractivity contribution in [3.8, 4) is 0 Å². The summed E-state index contributed by atoms with van der Waals surface area (Å²) in [5.41, 5.74) is 0. The van der Waals surface area contributed by atoms with Crippen molar-refractivity contribution in [3.05, 3.63) is 48.6 Å². The van der Waals surface area contributed by atoms with Gasteiger partial charge in [-0.3, -0.25) is 9.59 Å². The lowest BCUT2D eigenvalue weighted by atomic mass is 10.0. The third kappa shape index (κ3) is 60.9. The van der Waals surface area contributed by atoms with Gasteiger partial charge in [0.25, 0.3) is 0 Å². The van der Waals surface area contributed by atoms with Crippen LogP contribution < -0.4 is 5.32 Å². The van der Waals surface area contributed by atoms with Crippen LogP contribution in [0.2, 0.25) is 0 Å². The maximum Gasteiger partial charge on any atom is 0.305 e. The van der Waals surface area contributed by atoms with Crippen molar-refractivity contribution in [2.45, 2.75) is 366 Å². The number of rotatable bonds is 62. The molecular formula is C69H129NO5. The summed E-state index contributed by atoms with van der Waals surface area (Å²) < 4.78 is 5.50. The number of hydrogen-bond acceptors (Lipinski definition) is 5. The highest BCUT2D eigenvalue weighted by molar-refractivity contribution is 5.76. The molecule has 0 saturated heterocycles. The number of esters is 1. The molecule has 75 heavy (non-hydrogen) atoms. The molecule has 0 aliphatic heterocycles. The number of unbranched alkanes of at least 4 members (excludes halogenated alkanes) is 45. The van der Waals surface area contributed by atoms with Crippen molar-refractivity contribution in [2.24, 2.45) is 0 Å². The highest BCUT2D eigenvalue weighted by Crippen LogP contribution is 2.17. The fourth-order valence-corrected chi connectivity index (χ4v) is 10.2. The molecule has 0 aliphatic carbocycles. The Morgan fingerprint density at radius 3 is 1.03 bits per heavy atom. The van der Waals surface area contributed by atoms with E-state index in [1.165, 1.54) is 276 Å². The van der Waals surface area contributed by atoms with E-state index >= 15 is 0 Å². The van der Waals surface area contributed by atoms with Crippen molar-refractivity contribution < 1.29 is 24.5 Å². The lowest BCUT2D eigenvalue weighted by Crippen LogP contribution is -2.45. The molecule has 6 heteroatoms. The number of carbonyl (C=O) groups excluding carboxylic acids is 2. The number of hydrogen-bond donors (Lipinski definition) is 3. The topological polar surface area (TPSA) is 95.9 Å². The summed E-state index contributed by atoms with van der Waals surface area (Å²) >= 11 is 0. The van der Waals surface area contributed by atoms with Crippen molar-refractivity contribution in [2.75, 3.05) is 13.2 Å². The first kappa shape index (κ1) is 72.8. The van der Waals surface area contributed by atoms with Crippen LogP contribution in [0.15, 0.2) is 48.6 Å². The Morgan fingerprint density at radius 2 is 0.667 bits per heavy atom. The molecule has 2 atom stereocenters. The predicted molar refractivity (Wildman–Crippen MR) is 329 cm³/mol. The van der Waals surface area contributed by atoms with Gasteiger partial charge in [-0.15, -0.1) is 0 Å². The van der Waals surface area contributed by atoms with E-state index < -0.39 is 12.1 Å². The Labute approximate surface area is 467 Å². The number of ether oxygens (including phenoxy) is 1. The van der Waals surface area contributed by atoms with Crippen LogP contribution in [0.25, 0.3) is 0 Å². The quantitative estimate of drug-likeness (QED) is 0.0320. The van der Waals surface area contributed by atoms with E-state index in [0.717, 1.165) is 51.4 Å². The van der Waals surface area contributed by atoms with Crippen LogP contribution in [-0.2, 0) is 14.3 Å². The molecule has 3 N–H and O–H groups in total. The minimum Gasteiger partial charge on any atom is -0.466 e. The second kappa shape index (κ2) is 64.3. The minimum atomic E-state index is -0.844. The van der Waals surface area contributed by atoms with Crippen molar-refractivity contribution >= 4 is 11.9 Å². The number of aliphatic hydroxyl groups is 2. The molecule has 0 bridgehead atoms. The minimum absolute atomic E-state index is 0.0111. The zero-order valence-corrected chi connectivity index (χ0v) is 50.3. The fourth-order valence-electron chi connectivity index (χ4n) is 10.2. The molecule has 2 unspecified atom stereocenters. The molecule has 0 aliphatic rings.